The zero-order valence-electron chi connectivity index (χ0n) is 11.7. The molecule has 108 valence electrons. The third-order valence-corrected chi connectivity index (χ3v) is 5.90. The van der Waals surface area contributed by atoms with Gasteiger partial charge in [0.25, 0.3) is 5.91 Å². The van der Waals surface area contributed by atoms with Crippen LogP contribution in [0.5, 0.6) is 0 Å². The molecule has 0 unspecified atom stereocenters. The fourth-order valence-corrected chi connectivity index (χ4v) is 5.74. The highest BCUT2D eigenvalue weighted by atomic mass is 79.9. The maximum atomic E-state index is 12.5. The largest absolute Gasteiger partial charge is 0.444 e. The normalized spacial score (nSPS) is 38.2. The monoisotopic (exact) mass is 337 g/mol. The van der Waals surface area contributed by atoms with Crippen LogP contribution >= 0.6 is 15.9 Å². The highest BCUT2D eigenvalue weighted by Gasteiger charge is 2.51. The van der Waals surface area contributed by atoms with Crippen molar-refractivity contribution in [1.82, 2.24) is 5.32 Å². The molecule has 20 heavy (non-hydrogen) atoms. The van der Waals surface area contributed by atoms with Crippen LogP contribution in [0, 0.1) is 24.7 Å². The molecule has 0 aromatic carbocycles. The third-order valence-electron chi connectivity index (χ3n) is 5.51. The smallest absolute Gasteiger partial charge is 0.287 e. The van der Waals surface area contributed by atoms with Gasteiger partial charge in [-0.2, -0.15) is 0 Å². The molecule has 1 aromatic heterocycles. The van der Waals surface area contributed by atoms with Crippen molar-refractivity contribution < 1.29 is 9.21 Å². The van der Waals surface area contributed by atoms with Crippen molar-refractivity contribution in [2.75, 3.05) is 0 Å². The van der Waals surface area contributed by atoms with Crippen molar-refractivity contribution in [1.29, 1.82) is 0 Å². The van der Waals surface area contributed by atoms with E-state index in [1.54, 1.807) is 0 Å². The molecule has 0 spiro atoms. The van der Waals surface area contributed by atoms with E-state index in [-0.39, 0.29) is 11.4 Å². The van der Waals surface area contributed by atoms with E-state index in [1.807, 2.05) is 13.0 Å². The Bertz CT molecular complexity index is 528. The fraction of sp³-hybridized carbons (Fsp3) is 0.688. The average Bonchev–Trinajstić information content (AvgIpc) is 2.66. The van der Waals surface area contributed by atoms with E-state index >= 15 is 0 Å². The Labute approximate surface area is 127 Å². The second-order valence-electron chi connectivity index (χ2n) is 7.21. The molecule has 1 heterocycles. The SMILES string of the molecule is Cc1cc(Br)oc1C(=O)NC12CC3CC(CC(C3)C1)C2. The van der Waals surface area contributed by atoms with Crippen LogP contribution in [0.4, 0.5) is 0 Å². The Morgan fingerprint density at radius 3 is 2.25 bits per heavy atom. The summed E-state index contributed by atoms with van der Waals surface area (Å²) in [7, 11) is 0. The first-order valence-corrected chi connectivity index (χ1v) is 8.41. The lowest BCUT2D eigenvalue weighted by Gasteiger charge is -2.56. The first-order chi connectivity index (χ1) is 9.53. The van der Waals surface area contributed by atoms with E-state index in [2.05, 4.69) is 21.2 Å². The second-order valence-corrected chi connectivity index (χ2v) is 8.00. The van der Waals surface area contributed by atoms with Gasteiger partial charge in [0.2, 0.25) is 0 Å². The molecule has 1 amide bonds. The summed E-state index contributed by atoms with van der Waals surface area (Å²) in [6.07, 6.45) is 7.68. The van der Waals surface area contributed by atoms with Gasteiger partial charge in [0.05, 0.1) is 0 Å². The quantitative estimate of drug-likeness (QED) is 0.884. The standard InChI is InChI=1S/C16H20BrNO2/c1-9-2-13(17)20-14(9)15(19)18-16-6-10-3-11(7-16)5-12(4-10)8-16/h2,10-12H,3-8H2,1H3,(H,18,19). The van der Waals surface area contributed by atoms with Gasteiger partial charge in [-0.05, 0) is 85.2 Å². The Morgan fingerprint density at radius 1 is 1.25 bits per heavy atom. The van der Waals surface area contributed by atoms with Gasteiger partial charge in [0.15, 0.2) is 10.4 Å². The summed E-state index contributed by atoms with van der Waals surface area (Å²) in [5, 5.41) is 3.34. The predicted molar refractivity (Wildman–Crippen MR) is 79.5 cm³/mol. The van der Waals surface area contributed by atoms with Crippen LogP contribution in [0.1, 0.15) is 54.6 Å². The highest BCUT2D eigenvalue weighted by molar-refractivity contribution is 9.10. The molecular formula is C16H20BrNO2. The van der Waals surface area contributed by atoms with E-state index in [9.17, 15) is 4.79 Å². The molecule has 0 aliphatic heterocycles. The van der Waals surface area contributed by atoms with Crippen molar-refractivity contribution in [3.63, 3.8) is 0 Å². The number of furan rings is 1. The summed E-state index contributed by atoms with van der Waals surface area (Å²) >= 11 is 3.30. The Hall–Kier alpha value is -0.770. The van der Waals surface area contributed by atoms with Crippen LogP contribution in [-0.4, -0.2) is 11.4 Å². The van der Waals surface area contributed by atoms with Gasteiger partial charge >= 0.3 is 0 Å². The molecule has 0 saturated heterocycles. The molecule has 5 rings (SSSR count). The van der Waals surface area contributed by atoms with Crippen molar-refractivity contribution in [2.45, 2.75) is 51.0 Å². The summed E-state index contributed by atoms with van der Waals surface area (Å²) in [4.78, 5) is 12.5. The Morgan fingerprint density at radius 2 is 1.80 bits per heavy atom. The first-order valence-electron chi connectivity index (χ1n) is 7.61. The van der Waals surface area contributed by atoms with E-state index in [0.717, 1.165) is 23.3 Å². The number of hydrogen-bond acceptors (Lipinski definition) is 2. The molecule has 4 saturated carbocycles. The van der Waals surface area contributed by atoms with Gasteiger partial charge in [-0.25, -0.2) is 0 Å². The number of nitrogens with one attached hydrogen (secondary N) is 1. The molecule has 1 aromatic rings. The minimum absolute atomic E-state index is 0.0323. The highest BCUT2D eigenvalue weighted by Crippen LogP contribution is 2.55. The van der Waals surface area contributed by atoms with Crippen molar-refractivity contribution in [3.8, 4) is 0 Å². The van der Waals surface area contributed by atoms with E-state index in [1.165, 1.54) is 38.5 Å². The topological polar surface area (TPSA) is 42.2 Å². The summed E-state index contributed by atoms with van der Waals surface area (Å²) in [5.74, 6) is 2.95. The van der Waals surface area contributed by atoms with Crippen molar-refractivity contribution in [2.24, 2.45) is 17.8 Å². The van der Waals surface area contributed by atoms with E-state index in [4.69, 9.17) is 4.42 Å². The lowest BCUT2D eigenvalue weighted by molar-refractivity contribution is -0.0171. The minimum atomic E-state index is -0.0323. The lowest BCUT2D eigenvalue weighted by atomic mass is 9.53. The molecule has 0 radical (unpaired) electrons. The molecule has 4 aliphatic rings. The molecule has 1 N–H and O–H groups in total. The molecule has 4 heteroatoms. The van der Waals surface area contributed by atoms with Gasteiger partial charge < -0.3 is 9.73 Å². The molecule has 4 fully saturated rings. The van der Waals surface area contributed by atoms with Crippen LogP contribution in [0.2, 0.25) is 0 Å². The number of halogens is 1. The van der Waals surface area contributed by atoms with Gasteiger partial charge in [-0.3, -0.25) is 4.79 Å². The number of rotatable bonds is 2. The molecule has 0 atom stereocenters. The fourth-order valence-electron chi connectivity index (χ4n) is 5.23. The Balaban J connectivity index is 1.57. The molecule has 4 bridgehead atoms. The van der Waals surface area contributed by atoms with Gasteiger partial charge in [-0.15, -0.1) is 0 Å². The van der Waals surface area contributed by atoms with Crippen LogP contribution in [0.15, 0.2) is 15.2 Å². The number of carbonyl (C=O) groups is 1. The van der Waals surface area contributed by atoms with Crippen LogP contribution < -0.4 is 5.32 Å². The lowest BCUT2D eigenvalue weighted by Crippen LogP contribution is -2.59. The van der Waals surface area contributed by atoms with Crippen LogP contribution in [0.25, 0.3) is 0 Å². The summed E-state index contributed by atoms with van der Waals surface area (Å²) in [6.45, 7) is 1.92. The van der Waals surface area contributed by atoms with Crippen LogP contribution in [-0.2, 0) is 0 Å². The number of carbonyl (C=O) groups excluding carboxylic acids is 1. The van der Waals surface area contributed by atoms with Crippen molar-refractivity contribution in [3.05, 3.63) is 22.1 Å². The van der Waals surface area contributed by atoms with Crippen molar-refractivity contribution >= 4 is 21.8 Å². The third kappa shape index (κ3) is 2.03. The molecule has 4 aliphatic carbocycles. The number of hydrogen-bond donors (Lipinski definition) is 1. The van der Waals surface area contributed by atoms with E-state index < -0.39 is 0 Å². The maximum absolute atomic E-state index is 12.5. The summed E-state index contributed by atoms with van der Waals surface area (Å²) < 4.78 is 6.12. The van der Waals surface area contributed by atoms with Gasteiger partial charge in [0, 0.05) is 11.1 Å². The zero-order chi connectivity index (χ0) is 13.9. The van der Waals surface area contributed by atoms with Crippen LogP contribution in [0.3, 0.4) is 0 Å². The Kier molecular flexibility index (Phi) is 2.82. The average molecular weight is 338 g/mol. The predicted octanol–water partition coefficient (Wildman–Crippen LogP) is 4.05. The first kappa shape index (κ1) is 12.9. The van der Waals surface area contributed by atoms with E-state index in [0.29, 0.717) is 10.4 Å². The number of aryl methyl sites for hydroxylation is 1. The minimum Gasteiger partial charge on any atom is -0.444 e. The molecular weight excluding hydrogens is 318 g/mol. The maximum Gasteiger partial charge on any atom is 0.287 e. The zero-order valence-corrected chi connectivity index (χ0v) is 13.3. The second kappa shape index (κ2) is 4.36. The summed E-state index contributed by atoms with van der Waals surface area (Å²) in [6, 6.07) is 1.86. The molecule has 3 nitrogen and oxygen atoms in total. The van der Waals surface area contributed by atoms with Gasteiger partial charge in [0.1, 0.15) is 0 Å². The van der Waals surface area contributed by atoms with Gasteiger partial charge in [-0.1, -0.05) is 0 Å². The summed E-state index contributed by atoms with van der Waals surface area (Å²) in [5.41, 5.74) is 0.955. The number of amides is 1.